The number of hydrogen-bond donors (Lipinski definition) is 2. The van der Waals surface area contributed by atoms with Gasteiger partial charge in [0.1, 0.15) is 0 Å². The maximum absolute atomic E-state index is 11.6. The molecule has 0 spiro atoms. The van der Waals surface area contributed by atoms with Gasteiger partial charge in [0.15, 0.2) is 0 Å². The lowest BCUT2D eigenvalue weighted by Crippen LogP contribution is -2.44. The summed E-state index contributed by atoms with van der Waals surface area (Å²) in [5.74, 6) is 0.217. The van der Waals surface area contributed by atoms with Gasteiger partial charge in [-0.05, 0) is 45.8 Å². The first kappa shape index (κ1) is 14.5. The Hall–Kier alpha value is -0.610. The minimum atomic E-state index is 0.217. The van der Waals surface area contributed by atoms with E-state index in [0.717, 1.165) is 38.9 Å². The van der Waals surface area contributed by atoms with Crippen LogP contribution >= 0.6 is 0 Å². The monoisotopic (exact) mass is 241 g/mol. The second-order valence-electron chi connectivity index (χ2n) is 4.89. The fourth-order valence-electron chi connectivity index (χ4n) is 2.34. The lowest BCUT2D eigenvalue weighted by atomic mass is 10.0. The van der Waals surface area contributed by atoms with Crippen molar-refractivity contribution in [3.63, 3.8) is 0 Å². The van der Waals surface area contributed by atoms with Crippen LogP contribution in [0.2, 0.25) is 0 Å². The number of likely N-dealkylation sites (tertiary alicyclic amines) is 1. The van der Waals surface area contributed by atoms with Crippen LogP contribution in [-0.4, -0.2) is 50.1 Å². The second kappa shape index (κ2) is 8.48. The van der Waals surface area contributed by atoms with E-state index in [0.29, 0.717) is 12.5 Å². The van der Waals surface area contributed by atoms with Crippen molar-refractivity contribution in [2.24, 2.45) is 0 Å². The molecular weight excluding hydrogens is 214 g/mol. The molecule has 0 aromatic heterocycles. The van der Waals surface area contributed by atoms with Crippen LogP contribution in [0, 0.1) is 0 Å². The Labute approximate surface area is 105 Å². The van der Waals surface area contributed by atoms with Crippen LogP contribution in [-0.2, 0) is 4.79 Å². The van der Waals surface area contributed by atoms with Crippen molar-refractivity contribution < 1.29 is 4.79 Å². The molecule has 0 aromatic rings. The first-order valence-corrected chi connectivity index (χ1v) is 6.92. The summed E-state index contributed by atoms with van der Waals surface area (Å²) in [7, 11) is 1.92. The molecule has 4 heteroatoms. The summed E-state index contributed by atoms with van der Waals surface area (Å²) in [5, 5.41) is 6.21. The van der Waals surface area contributed by atoms with Crippen molar-refractivity contribution >= 4 is 5.91 Å². The van der Waals surface area contributed by atoms with E-state index in [2.05, 4.69) is 22.5 Å². The molecule has 1 aliphatic rings. The highest BCUT2D eigenvalue weighted by atomic mass is 16.1. The van der Waals surface area contributed by atoms with Gasteiger partial charge in [-0.3, -0.25) is 4.79 Å². The Kier molecular flexibility index (Phi) is 7.21. The molecule has 4 nitrogen and oxygen atoms in total. The minimum Gasteiger partial charge on any atom is -0.353 e. The van der Waals surface area contributed by atoms with Crippen molar-refractivity contribution in [1.82, 2.24) is 15.5 Å². The third-order valence-electron chi connectivity index (χ3n) is 3.32. The van der Waals surface area contributed by atoms with Crippen molar-refractivity contribution in [2.75, 3.05) is 33.2 Å². The van der Waals surface area contributed by atoms with Crippen molar-refractivity contribution in [2.45, 2.75) is 45.1 Å². The first-order valence-electron chi connectivity index (χ1n) is 6.92. The largest absolute Gasteiger partial charge is 0.353 e. The summed E-state index contributed by atoms with van der Waals surface area (Å²) >= 11 is 0. The molecule has 0 radical (unpaired) electrons. The van der Waals surface area contributed by atoms with Crippen LogP contribution in [0.5, 0.6) is 0 Å². The standard InChI is InChI=1S/C13H27N3O/c1-3-9-16-10-6-12(7-11-16)15-13(17)5-4-8-14-2/h12,14H,3-11H2,1-2H3,(H,15,17). The molecule has 1 rings (SSSR count). The van der Waals surface area contributed by atoms with E-state index < -0.39 is 0 Å². The molecule has 0 saturated carbocycles. The molecule has 0 aromatic carbocycles. The Balaban J connectivity index is 2.10. The SMILES string of the molecule is CCCN1CCC(NC(=O)CCCNC)CC1. The molecule has 1 fully saturated rings. The van der Waals surface area contributed by atoms with E-state index in [1.807, 2.05) is 7.05 Å². The number of carbonyl (C=O) groups excluding carboxylic acids is 1. The number of carbonyl (C=O) groups is 1. The predicted octanol–water partition coefficient (Wildman–Crippen LogP) is 0.977. The van der Waals surface area contributed by atoms with Gasteiger partial charge in [0.2, 0.25) is 5.91 Å². The van der Waals surface area contributed by atoms with E-state index in [1.165, 1.54) is 13.0 Å². The number of amides is 1. The van der Waals surface area contributed by atoms with E-state index in [1.54, 1.807) is 0 Å². The smallest absolute Gasteiger partial charge is 0.220 e. The summed E-state index contributed by atoms with van der Waals surface area (Å²) in [6.45, 7) is 6.60. The van der Waals surface area contributed by atoms with Crippen LogP contribution < -0.4 is 10.6 Å². The Morgan fingerprint density at radius 1 is 1.35 bits per heavy atom. The van der Waals surface area contributed by atoms with Crippen LogP contribution in [0.15, 0.2) is 0 Å². The fourth-order valence-corrected chi connectivity index (χ4v) is 2.34. The molecule has 0 aliphatic carbocycles. The zero-order valence-corrected chi connectivity index (χ0v) is 11.3. The third kappa shape index (κ3) is 6.03. The van der Waals surface area contributed by atoms with Gasteiger partial charge in [0.05, 0.1) is 0 Å². The van der Waals surface area contributed by atoms with Crippen molar-refractivity contribution in [3.05, 3.63) is 0 Å². The first-order chi connectivity index (χ1) is 8.26. The summed E-state index contributed by atoms with van der Waals surface area (Å²) in [5.41, 5.74) is 0. The summed E-state index contributed by atoms with van der Waals surface area (Å²) in [4.78, 5) is 14.1. The van der Waals surface area contributed by atoms with Gasteiger partial charge in [0, 0.05) is 25.6 Å². The maximum Gasteiger partial charge on any atom is 0.220 e. The Bertz CT molecular complexity index is 213. The Morgan fingerprint density at radius 3 is 2.65 bits per heavy atom. The number of rotatable bonds is 7. The van der Waals surface area contributed by atoms with Crippen LogP contribution in [0.4, 0.5) is 0 Å². The minimum absolute atomic E-state index is 0.217. The highest BCUT2D eigenvalue weighted by Gasteiger charge is 2.19. The lowest BCUT2D eigenvalue weighted by Gasteiger charge is -2.32. The maximum atomic E-state index is 11.6. The van der Waals surface area contributed by atoms with E-state index in [-0.39, 0.29) is 5.91 Å². The molecule has 0 atom stereocenters. The fraction of sp³-hybridized carbons (Fsp3) is 0.923. The zero-order valence-electron chi connectivity index (χ0n) is 11.3. The van der Waals surface area contributed by atoms with Gasteiger partial charge in [-0.2, -0.15) is 0 Å². The molecular formula is C13H27N3O. The Morgan fingerprint density at radius 2 is 2.06 bits per heavy atom. The predicted molar refractivity (Wildman–Crippen MR) is 71.1 cm³/mol. The van der Waals surface area contributed by atoms with Crippen LogP contribution in [0.3, 0.4) is 0 Å². The highest BCUT2D eigenvalue weighted by molar-refractivity contribution is 5.76. The molecule has 0 unspecified atom stereocenters. The molecule has 1 aliphatic heterocycles. The van der Waals surface area contributed by atoms with Gasteiger partial charge in [0.25, 0.3) is 0 Å². The normalized spacial score (nSPS) is 18.2. The van der Waals surface area contributed by atoms with Crippen LogP contribution in [0.25, 0.3) is 0 Å². The van der Waals surface area contributed by atoms with Gasteiger partial charge in [-0.1, -0.05) is 6.92 Å². The summed E-state index contributed by atoms with van der Waals surface area (Å²) < 4.78 is 0. The van der Waals surface area contributed by atoms with E-state index >= 15 is 0 Å². The third-order valence-corrected chi connectivity index (χ3v) is 3.32. The quantitative estimate of drug-likeness (QED) is 0.653. The molecule has 2 N–H and O–H groups in total. The molecule has 100 valence electrons. The zero-order chi connectivity index (χ0) is 12.5. The molecule has 1 heterocycles. The molecule has 17 heavy (non-hydrogen) atoms. The van der Waals surface area contributed by atoms with Gasteiger partial charge >= 0.3 is 0 Å². The highest BCUT2D eigenvalue weighted by Crippen LogP contribution is 2.10. The number of piperidine rings is 1. The molecule has 1 amide bonds. The molecule has 1 saturated heterocycles. The van der Waals surface area contributed by atoms with Gasteiger partial charge < -0.3 is 15.5 Å². The van der Waals surface area contributed by atoms with E-state index in [4.69, 9.17) is 0 Å². The van der Waals surface area contributed by atoms with Gasteiger partial charge in [-0.15, -0.1) is 0 Å². The van der Waals surface area contributed by atoms with Crippen LogP contribution in [0.1, 0.15) is 39.0 Å². The number of hydrogen-bond acceptors (Lipinski definition) is 3. The van der Waals surface area contributed by atoms with Gasteiger partial charge in [-0.25, -0.2) is 0 Å². The van der Waals surface area contributed by atoms with Crippen molar-refractivity contribution in [1.29, 1.82) is 0 Å². The second-order valence-corrected chi connectivity index (χ2v) is 4.89. The topological polar surface area (TPSA) is 44.4 Å². The summed E-state index contributed by atoms with van der Waals surface area (Å²) in [6, 6.07) is 0.408. The molecule has 0 bridgehead atoms. The number of nitrogens with one attached hydrogen (secondary N) is 2. The van der Waals surface area contributed by atoms with E-state index in [9.17, 15) is 4.79 Å². The van der Waals surface area contributed by atoms with Crippen molar-refractivity contribution in [3.8, 4) is 0 Å². The average Bonchev–Trinajstić information content (AvgIpc) is 2.32. The average molecular weight is 241 g/mol. The number of nitrogens with zero attached hydrogens (tertiary/aromatic N) is 1. The summed E-state index contributed by atoms with van der Waals surface area (Å²) in [6.07, 6.45) is 5.02. The lowest BCUT2D eigenvalue weighted by molar-refractivity contribution is -0.122.